The number of carboxylic acid groups (broad SMARTS) is 1. The smallest absolute Gasteiger partial charge is 0.309 e. The zero-order valence-electron chi connectivity index (χ0n) is 5.66. The van der Waals surface area contributed by atoms with E-state index in [1.807, 2.05) is 6.07 Å². The summed E-state index contributed by atoms with van der Waals surface area (Å²) in [6, 6.07) is 5.02. The van der Waals surface area contributed by atoms with E-state index < -0.39 is 5.97 Å². The molecule has 1 rings (SSSR count). The van der Waals surface area contributed by atoms with E-state index in [0.717, 1.165) is 0 Å². The van der Waals surface area contributed by atoms with Gasteiger partial charge in [-0.3, -0.25) is 4.79 Å². The number of rotatable bonds is 2. The van der Waals surface area contributed by atoms with Gasteiger partial charge in [-0.25, -0.2) is 0 Å². The fraction of sp³-hybridized carbons (Fsp3) is 0.143. The summed E-state index contributed by atoms with van der Waals surface area (Å²) in [5, 5.41) is 16.7. The largest absolute Gasteiger partial charge is 0.481 e. The molecule has 56 valence electrons. The number of nitriles is 1. The molecule has 0 aliphatic heterocycles. The van der Waals surface area contributed by atoms with Crippen LogP contribution in [0, 0.1) is 11.3 Å². The molecule has 0 radical (unpaired) electrons. The summed E-state index contributed by atoms with van der Waals surface area (Å²) in [4.78, 5) is 12.8. The molecular formula is C7H6N2O2. The molecule has 0 saturated carbocycles. The van der Waals surface area contributed by atoms with Crippen molar-refractivity contribution in [2.45, 2.75) is 6.42 Å². The molecule has 0 atom stereocenters. The van der Waals surface area contributed by atoms with Gasteiger partial charge in [0.05, 0.1) is 6.42 Å². The number of aromatic amines is 1. The summed E-state index contributed by atoms with van der Waals surface area (Å²) in [6.45, 7) is 0. The lowest BCUT2D eigenvalue weighted by molar-refractivity contribution is -0.136. The van der Waals surface area contributed by atoms with Crippen molar-refractivity contribution in [1.29, 1.82) is 5.26 Å². The number of nitrogens with zero attached hydrogens (tertiary/aromatic N) is 1. The first-order valence-electron chi connectivity index (χ1n) is 3.02. The number of carbonyl (C=O) groups is 1. The van der Waals surface area contributed by atoms with E-state index in [2.05, 4.69) is 4.98 Å². The molecule has 0 amide bonds. The third-order valence-electron chi connectivity index (χ3n) is 1.21. The van der Waals surface area contributed by atoms with Crippen LogP contribution in [0.5, 0.6) is 0 Å². The fourth-order valence-corrected chi connectivity index (χ4v) is 0.771. The van der Waals surface area contributed by atoms with Gasteiger partial charge in [0.15, 0.2) is 0 Å². The second-order valence-electron chi connectivity index (χ2n) is 2.08. The molecule has 11 heavy (non-hydrogen) atoms. The second kappa shape index (κ2) is 2.88. The minimum Gasteiger partial charge on any atom is -0.481 e. The van der Waals surface area contributed by atoms with E-state index in [1.165, 1.54) is 0 Å². The highest BCUT2D eigenvalue weighted by molar-refractivity contribution is 5.69. The van der Waals surface area contributed by atoms with Crippen molar-refractivity contribution in [3.05, 3.63) is 23.5 Å². The molecule has 1 aromatic heterocycles. The zero-order valence-corrected chi connectivity index (χ0v) is 5.66. The van der Waals surface area contributed by atoms with E-state index in [-0.39, 0.29) is 6.42 Å². The predicted octanol–water partition coefficient (Wildman–Crippen LogP) is 0.513. The summed E-state index contributed by atoms with van der Waals surface area (Å²) >= 11 is 0. The maximum atomic E-state index is 10.2. The molecule has 0 aliphatic rings. The number of carboxylic acids is 1. The first-order valence-corrected chi connectivity index (χ1v) is 3.02. The first kappa shape index (κ1) is 7.35. The number of aliphatic carboxylic acids is 1. The molecular weight excluding hydrogens is 144 g/mol. The van der Waals surface area contributed by atoms with Crippen LogP contribution in [0.2, 0.25) is 0 Å². The normalized spacial score (nSPS) is 9.00. The number of hydrogen-bond donors (Lipinski definition) is 2. The lowest BCUT2D eigenvalue weighted by Crippen LogP contribution is -1.99. The molecule has 0 saturated heterocycles. The number of hydrogen-bond acceptors (Lipinski definition) is 2. The summed E-state index contributed by atoms with van der Waals surface area (Å²) in [5.41, 5.74) is 0.940. The van der Waals surface area contributed by atoms with Crippen LogP contribution in [0.1, 0.15) is 11.4 Å². The van der Waals surface area contributed by atoms with E-state index in [1.54, 1.807) is 12.1 Å². The van der Waals surface area contributed by atoms with Gasteiger partial charge < -0.3 is 10.1 Å². The number of nitrogens with one attached hydrogen (secondary N) is 1. The Hall–Kier alpha value is -1.76. The Kier molecular flexibility index (Phi) is 1.93. The monoisotopic (exact) mass is 150 g/mol. The molecule has 0 fully saturated rings. The quantitative estimate of drug-likeness (QED) is 0.644. The summed E-state index contributed by atoms with van der Waals surface area (Å²) in [7, 11) is 0. The molecule has 0 aliphatic carbocycles. The highest BCUT2D eigenvalue weighted by atomic mass is 16.4. The molecule has 4 nitrogen and oxygen atoms in total. The van der Waals surface area contributed by atoms with Crippen LogP contribution >= 0.6 is 0 Å². The van der Waals surface area contributed by atoms with Crippen molar-refractivity contribution in [3.8, 4) is 6.07 Å². The highest BCUT2D eigenvalue weighted by Gasteiger charge is 2.01. The van der Waals surface area contributed by atoms with Crippen molar-refractivity contribution in [1.82, 2.24) is 4.98 Å². The Morgan fingerprint density at radius 2 is 2.45 bits per heavy atom. The molecule has 0 spiro atoms. The second-order valence-corrected chi connectivity index (χ2v) is 2.08. The van der Waals surface area contributed by atoms with Gasteiger partial charge in [0.1, 0.15) is 11.8 Å². The van der Waals surface area contributed by atoms with Gasteiger partial charge in [0, 0.05) is 5.69 Å². The van der Waals surface area contributed by atoms with E-state index >= 15 is 0 Å². The van der Waals surface area contributed by atoms with Gasteiger partial charge in [-0.15, -0.1) is 0 Å². The Labute approximate surface area is 63.1 Å². The van der Waals surface area contributed by atoms with Crippen LogP contribution in [-0.4, -0.2) is 16.1 Å². The average Bonchev–Trinajstić information content (AvgIpc) is 2.34. The molecule has 0 aromatic carbocycles. The summed E-state index contributed by atoms with van der Waals surface area (Å²) < 4.78 is 0. The van der Waals surface area contributed by atoms with Gasteiger partial charge in [-0.1, -0.05) is 0 Å². The Balaban J connectivity index is 2.75. The minimum atomic E-state index is -0.906. The van der Waals surface area contributed by atoms with Crippen molar-refractivity contribution in [2.24, 2.45) is 0 Å². The molecule has 0 bridgehead atoms. The maximum Gasteiger partial charge on any atom is 0.309 e. The van der Waals surface area contributed by atoms with Gasteiger partial charge in [0.25, 0.3) is 0 Å². The van der Waals surface area contributed by atoms with E-state index in [0.29, 0.717) is 11.4 Å². The topological polar surface area (TPSA) is 76.9 Å². The van der Waals surface area contributed by atoms with Crippen LogP contribution < -0.4 is 0 Å². The zero-order chi connectivity index (χ0) is 8.27. The Bertz CT molecular complexity index is 308. The van der Waals surface area contributed by atoms with Crippen molar-refractivity contribution in [2.75, 3.05) is 0 Å². The fourth-order valence-electron chi connectivity index (χ4n) is 0.771. The van der Waals surface area contributed by atoms with Gasteiger partial charge in [-0.05, 0) is 12.1 Å². The van der Waals surface area contributed by atoms with Crippen LogP contribution in [0.3, 0.4) is 0 Å². The third-order valence-corrected chi connectivity index (χ3v) is 1.21. The van der Waals surface area contributed by atoms with E-state index in [4.69, 9.17) is 10.4 Å². The van der Waals surface area contributed by atoms with Crippen LogP contribution in [0.25, 0.3) is 0 Å². The van der Waals surface area contributed by atoms with Crippen molar-refractivity contribution in [3.63, 3.8) is 0 Å². The van der Waals surface area contributed by atoms with Crippen LogP contribution in [-0.2, 0) is 11.2 Å². The molecule has 1 heterocycles. The molecule has 2 N–H and O–H groups in total. The van der Waals surface area contributed by atoms with Crippen LogP contribution in [0.4, 0.5) is 0 Å². The number of H-pyrrole nitrogens is 1. The predicted molar refractivity (Wildman–Crippen MR) is 36.8 cm³/mol. The summed E-state index contributed by atoms with van der Waals surface area (Å²) in [5.74, 6) is -0.906. The molecule has 1 aromatic rings. The maximum absolute atomic E-state index is 10.2. The third kappa shape index (κ3) is 1.83. The van der Waals surface area contributed by atoms with E-state index in [9.17, 15) is 4.79 Å². The minimum absolute atomic E-state index is 0.0678. The van der Waals surface area contributed by atoms with Crippen LogP contribution in [0.15, 0.2) is 12.1 Å². The Morgan fingerprint density at radius 1 is 1.73 bits per heavy atom. The molecule has 0 unspecified atom stereocenters. The summed E-state index contributed by atoms with van der Waals surface area (Å²) in [6.07, 6.45) is -0.0678. The molecule has 4 heteroatoms. The van der Waals surface area contributed by atoms with Gasteiger partial charge in [-0.2, -0.15) is 5.26 Å². The first-order chi connectivity index (χ1) is 5.22. The SMILES string of the molecule is N#Cc1ccc(CC(=O)O)[nH]1. The lowest BCUT2D eigenvalue weighted by Gasteiger charge is -1.87. The van der Waals surface area contributed by atoms with Crippen molar-refractivity contribution >= 4 is 5.97 Å². The Morgan fingerprint density at radius 3 is 2.91 bits per heavy atom. The van der Waals surface area contributed by atoms with Gasteiger partial charge in [0.2, 0.25) is 0 Å². The van der Waals surface area contributed by atoms with Gasteiger partial charge >= 0.3 is 5.97 Å². The lowest BCUT2D eigenvalue weighted by atomic mass is 10.3. The average molecular weight is 150 g/mol. The highest BCUT2D eigenvalue weighted by Crippen LogP contribution is 2.00. The standard InChI is InChI=1S/C7H6N2O2/c8-4-6-2-1-5(9-6)3-7(10)11/h1-2,9H,3H2,(H,10,11). The number of aromatic nitrogens is 1. The van der Waals surface area contributed by atoms with Crippen molar-refractivity contribution < 1.29 is 9.90 Å².